The Morgan fingerprint density at radius 2 is 1.85 bits per heavy atom. The second kappa shape index (κ2) is 5.45. The number of aliphatic carboxylic acids is 1. The van der Waals surface area contributed by atoms with Gasteiger partial charge in [-0.05, 0) is 0 Å². The first-order valence-electron chi connectivity index (χ1n) is 4.17. The Labute approximate surface area is 76.9 Å². The minimum absolute atomic E-state index is 0.137. The van der Waals surface area contributed by atoms with Crippen LogP contribution in [0, 0.1) is 11.8 Å². The van der Waals surface area contributed by atoms with Crippen LogP contribution in [-0.2, 0) is 14.4 Å². The van der Waals surface area contributed by atoms with E-state index in [0.717, 1.165) is 0 Å². The van der Waals surface area contributed by atoms with E-state index in [1.165, 1.54) is 0 Å². The van der Waals surface area contributed by atoms with Crippen molar-refractivity contribution in [3.63, 3.8) is 0 Å². The quantitative estimate of drug-likeness (QED) is 0.625. The summed E-state index contributed by atoms with van der Waals surface area (Å²) in [6.45, 7) is 3.20. The van der Waals surface area contributed by atoms with E-state index in [0.29, 0.717) is 6.29 Å². The number of ketones is 1. The van der Waals surface area contributed by atoms with E-state index >= 15 is 0 Å². The minimum atomic E-state index is -0.986. The zero-order valence-electron chi connectivity index (χ0n) is 7.82. The van der Waals surface area contributed by atoms with Crippen molar-refractivity contribution in [1.29, 1.82) is 0 Å². The number of hydrogen-bond acceptors (Lipinski definition) is 3. The maximum Gasteiger partial charge on any atom is 0.304 e. The molecule has 0 aromatic carbocycles. The van der Waals surface area contributed by atoms with Gasteiger partial charge in [-0.25, -0.2) is 0 Å². The topological polar surface area (TPSA) is 71.4 Å². The summed E-state index contributed by atoms with van der Waals surface area (Å²) in [6, 6.07) is 0. The summed E-state index contributed by atoms with van der Waals surface area (Å²) in [5, 5.41) is 8.40. The predicted octanol–water partition coefficient (Wildman–Crippen LogP) is 0.891. The molecule has 0 saturated heterocycles. The highest BCUT2D eigenvalue weighted by molar-refractivity contribution is 5.86. The van der Waals surface area contributed by atoms with Gasteiger partial charge in [0.25, 0.3) is 0 Å². The van der Waals surface area contributed by atoms with Gasteiger partial charge >= 0.3 is 5.97 Å². The summed E-state index contributed by atoms with van der Waals surface area (Å²) >= 11 is 0. The highest BCUT2D eigenvalue weighted by Gasteiger charge is 2.18. The molecule has 0 aliphatic rings. The molecule has 0 aromatic heterocycles. The number of hydrogen-bond donors (Lipinski definition) is 1. The van der Waals surface area contributed by atoms with Crippen molar-refractivity contribution in [3.05, 3.63) is 0 Å². The number of aldehydes is 1. The van der Waals surface area contributed by atoms with Gasteiger partial charge in [0.2, 0.25) is 0 Å². The third kappa shape index (κ3) is 5.11. The standard InChI is InChI=1S/C9H14O4/c1-6(5-10)3-8(11)7(2)4-9(12)13/h5-7H,3-4H2,1-2H3,(H,12,13). The Kier molecular flexibility index (Phi) is 4.96. The zero-order chi connectivity index (χ0) is 10.4. The summed E-state index contributed by atoms with van der Waals surface area (Å²) in [4.78, 5) is 31.7. The van der Waals surface area contributed by atoms with Crippen molar-refractivity contribution in [2.45, 2.75) is 26.7 Å². The number of rotatable bonds is 6. The molecule has 0 bridgehead atoms. The maximum atomic E-state index is 11.2. The molecule has 74 valence electrons. The number of carbonyl (C=O) groups excluding carboxylic acids is 2. The van der Waals surface area contributed by atoms with Gasteiger partial charge in [0.05, 0.1) is 6.42 Å². The first-order valence-corrected chi connectivity index (χ1v) is 4.17. The molecule has 1 N–H and O–H groups in total. The minimum Gasteiger partial charge on any atom is -0.481 e. The molecule has 0 radical (unpaired) electrons. The Hall–Kier alpha value is -1.19. The molecule has 0 heterocycles. The number of carboxylic acid groups (broad SMARTS) is 1. The van der Waals surface area contributed by atoms with Crippen LogP contribution >= 0.6 is 0 Å². The lowest BCUT2D eigenvalue weighted by Crippen LogP contribution is -2.17. The van der Waals surface area contributed by atoms with Gasteiger partial charge in [-0.2, -0.15) is 0 Å². The summed E-state index contributed by atoms with van der Waals surface area (Å²) in [6.07, 6.45) is 0.674. The van der Waals surface area contributed by atoms with Gasteiger partial charge in [-0.1, -0.05) is 13.8 Å². The first kappa shape index (κ1) is 11.8. The number of Topliss-reactive ketones (excluding diaryl/α,β-unsaturated/α-hetero) is 1. The molecule has 13 heavy (non-hydrogen) atoms. The fraction of sp³-hybridized carbons (Fsp3) is 0.667. The summed E-state index contributed by atoms with van der Waals surface area (Å²) in [5.41, 5.74) is 0. The molecule has 0 fully saturated rings. The Bertz CT molecular complexity index is 210. The van der Waals surface area contributed by atoms with Crippen molar-refractivity contribution >= 4 is 18.0 Å². The van der Waals surface area contributed by atoms with E-state index in [2.05, 4.69) is 0 Å². The van der Waals surface area contributed by atoms with Crippen LogP contribution in [0.3, 0.4) is 0 Å². The average Bonchev–Trinajstić information content (AvgIpc) is 2.02. The van der Waals surface area contributed by atoms with Crippen molar-refractivity contribution < 1.29 is 19.5 Å². The van der Waals surface area contributed by atoms with E-state index in [1.807, 2.05) is 0 Å². The third-order valence-corrected chi connectivity index (χ3v) is 1.79. The van der Waals surface area contributed by atoms with Crippen LogP contribution in [0.2, 0.25) is 0 Å². The summed E-state index contributed by atoms with van der Waals surface area (Å²) in [5.74, 6) is -1.97. The highest BCUT2D eigenvalue weighted by Crippen LogP contribution is 2.10. The Balaban J connectivity index is 3.95. The molecule has 4 nitrogen and oxygen atoms in total. The molecular weight excluding hydrogens is 172 g/mol. The van der Waals surface area contributed by atoms with Gasteiger partial charge in [-0.15, -0.1) is 0 Å². The first-order chi connectivity index (χ1) is 5.97. The van der Waals surface area contributed by atoms with Crippen LogP contribution in [0.1, 0.15) is 26.7 Å². The van der Waals surface area contributed by atoms with Crippen LogP contribution in [0.5, 0.6) is 0 Å². The fourth-order valence-corrected chi connectivity index (χ4v) is 0.942. The van der Waals surface area contributed by atoms with Crippen LogP contribution in [-0.4, -0.2) is 23.1 Å². The van der Waals surface area contributed by atoms with Gasteiger partial charge in [0, 0.05) is 18.3 Å². The lowest BCUT2D eigenvalue weighted by atomic mass is 9.95. The van der Waals surface area contributed by atoms with E-state index in [4.69, 9.17) is 5.11 Å². The molecule has 0 saturated carbocycles. The molecule has 2 unspecified atom stereocenters. The van der Waals surface area contributed by atoms with Crippen molar-refractivity contribution in [2.24, 2.45) is 11.8 Å². The molecule has 0 aliphatic heterocycles. The normalized spacial score (nSPS) is 14.6. The molecule has 0 amide bonds. The van der Waals surface area contributed by atoms with Gasteiger partial charge in [0.15, 0.2) is 0 Å². The van der Waals surface area contributed by atoms with Crippen LogP contribution in [0.25, 0.3) is 0 Å². The SMILES string of the molecule is CC(C=O)CC(=O)C(C)CC(=O)O. The molecular formula is C9H14O4. The summed E-state index contributed by atoms with van der Waals surface area (Å²) in [7, 11) is 0. The lowest BCUT2D eigenvalue weighted by molar-refractivity contribution is -0.140. The largest absolute Gasteiger partial charge is 0.481 e. The molecule has 0 aliphatic carbocycles. The van der Waals surface area contributed by atoms with Crippen LogP contribution in [0.4, 0.5) is 0 Å². The molecule has 2 atom stereocenters. The molecule has 0 spiro atoms. The van der Waals surface area contributed by atoms with Crippen molar-refractivity contribution in [1.82, 2.24) is 0 Å². The van der Waals surface area contributed by atoms with E-state index in [9.17, 15) is 14.4 Å². The van der Waals surface area contributed by atoms with Crippen molar-refractivity contribution in [2.75, 3.05) is 0 Å². The Morgan fingerprint density at radius 3 is 2.23 bits per heavy atom. The van der Waals surface area contributed by atoms with Crippen molar-refractivity contribution in [3.8, 4) is 0 Å². The lowest BCUT2D eigenvalue weighted by Gasteiger charge is -2.08. The smallest absolute Gasteiger partial charge is 0.304 e. The average molecular weight is 186 g/mol. The fourth-order valence-electron chi connectivity index (χ4n) is 0.942. The number of carboxylic acids is 1. The van der Waals surface area contributed by atoms with Gasteiger partial charge in [-0.3, -0.25) is 9.59 Å². The predicted molar refractivity (Wildman–Crippen MR) is 46.3 cm³/mol. The van der Waals surface area contributed by atoms with Crippen LogP contribution in [0.15, 0.2) is 0 Å². The second-order valence-corrected chi connectivity index (χ2v) is 3.28. The van der Waals surface area contributed by atoms with Gasteiger partial charge < -0.3 is 9.90 Å². The summed E-state index contributed by atoms with van der Waals surface area (Å²) < 4.78 is 0. The van der Waals surface area contributed by atoms with Gasteiger partial charge in [0.1, 0.15) is 12.1 Å². The number of carbonyl (C=O) groups is 3. The second-order valence-electron chi connectivity index (χ2n) is 3.28. The molecule has 0 rings (SSSR count). The van der Waals surface area contributed by atoms with Crippen LogP contribution < -0.4 is 0 Å². The van der Waals surface area contributed by atoms with E-state index in [1.54, 1.807) is 13.8 Å². The molecule has 4 heteroatoms. The molecule has 0 aromatic rings. The van der Waals surface area contributed by atoms with E-state index in [-0.39, 0.29) is 24.5 Å². The van der Waals surface area contributed by atoms with E-state index < -0.39 is 11.9 Å². The third-order valence-electron chi connectivity index (χ3n) is 1.79. The highest BCUT2D eigenvalue weighted by atomic mass is 16.4. The maximum absolute atomic E-state index is 11.2. The Morgan fingerprint density at radius 1 is 1.31 bits per heavy atom. The monoisotopic (exact) mass is 186 g/mol. The zero-order valence-corrected chi connectivity index (χ0v) is 7.82.